The Labute approximate surface area is 164 Å². The Balaban J connectivity index is 1.55. The van der Waals surface area contributed by atoms with E-state index in [2.05, 4.69) is 15.3 Å². The minimum Gasteiger partial charge on any atom is -0.387 e. The number of aliphatic hydroxyl groups excluding tert-OH is 1. The van der Waals surface area contributed by atoms with Crippen molar-refractivity contribution in [2.75, 3.05) is 36.5 Å². The molecule has 4 rings (SSSR count). The first-order chi connectivity index (χ1) is 13.6. The van der Waals surface area contributed by atoms with Crippen LogP contribution < -0.4 is 10.2 Å². The highest BCUT2D eigenvalue weighted by Crippen LogP contribution is 2.30. The van der Waals surface area contributed by atoms with Crippen LogP contribution in [-0.4, -0.2) is 52.3 Å². The molecule has 1 fully saturated rings. The van der Waals surface area contributed by atoms with E-state index in [-0.39, 0.29) is 12.5 Å². The molecule has 0 spiro atoms. The fourth-order valence-electron chi connectivity index (χ4n) is 3.61. The number of ether oxygens (including phenoxy) is 1. The lowest BCUT2D eigenvalue weighted by molar-refractivity contribution is -0.115. The average molecular weight is 383 g/mol. The second-order valence-corrected chi connectivity index (χ2v) is 7.39. The molecule has 0 aromatic carbocycles. The molecule has 2 aliphatic heterocycles. The van der Waals surface area contributed by atoms with Gasteiger partial charge < -0.3 is 20.1 Å². The number of aliphatic hydroxyl groups is 1. The summed E-state index contributed by atoms with van der Waals surface area (Å²) in [6.07, 6.45) is 5.86. The summed E-state index contributed by atoms with van der Waals surface area (Å²) >= 11 is 0. The molecule has 148 valence electrons. The minimum atomic E-state index is -0.612. The Hall–Kier alpha value is -2.58. The van der Waals surface area contributed by atoms with Gasteiger partial charge >= 0.3 is 0 Å². The number of pyridine rings is 1. The molecule has 1 amide bonds. The van der Waals surface area contributed by atoms with Crippen LogP contribution >= 0.6 is 0 Å². The topological polar surface area (TPSA) is 100 Å². The largest absolute Gasteiger partial charge is 0.387 e. The van der Waals surface area contributed by atoms with Gasteiger partial charge in [0.15, 0.2) is 11.6 Å². The van der Waals surface area contributed by atoms with Gasteiger partial charge in [-0.1, -0.05) is 0 Å². The summed E-state index contributed by atoms with van der Waals surface area (Å²) < 4.78 is 5.43. The maximum absolute atomic E-state index is 12.1. The van der Waals surface area contributed by atoms with Crippen LogP contribution in [-0.2, 0) is 9.53 Å². The van der Waals surface area contributed by atoms with E-state index in [1.165, 1.54) is 0 Å². The van der Waals surface area contributed by atoms with Crippen molar-refractivity contribution in [1.29, 1.82) is 0 Å². The molecule has 1 atom stereocenters. The Morgan fingerprint density at radius 3 is 2.82 bits per heavy atom. The summed E-state index contributed by atoms with van der Waals surface area (Å²) in [6.45, 7) is 4.37. The smallest absolute Gasteiger partial charge is 0.245 e. The zero-order valence-electron chi connectivity index (χ0n) is 16.0. The van der Waals surface area contributed by atoms with Gasteiger partial charge in [-0.2, -0.15) is 0 Å². The van der Waals surface area contributed by atoms with Crippen molar-refractivity contribution in [2.24, 2.45) is 5.92 Å². The predicted molar refractivity (Wildman–Crippen MR) is 105 cm³/mol. The van der Waals surface area contributed by atoms with Crippen LogP contribution in [0.1, 0.15) is 38.0 Å². The van der Waals surface area contributed by atoms with Crippen LogP contribution in [0.15, 0.2) is 24.5 Å². The lowest BCUT2D eigenvalue weighted by Gasteiger charge is -2.31. The van der Waals surface area contributed by atoms with Crippen LogP contribution in [0, 0.1) is 5.92 Å². The molecule has 8 heteroatoms. The molecule has 4 heterocycles. The number of carbonyl (C=O) groups excluding carboxylic acids is 1. The summed E-state index contributed by atoms with van der Waals surface area (Å²) in [5.74, 6) is 1.75. The number of aromatic nitrogens is 3. The normalized spacial score (nSPS) is 18.5. The molecule has 8 nitrogen and oxygen atoms in total. The second-order valence-electron chi connectivity index (χ2n) is 7.39. The van der Waals surface area contributed by atoms with E-state index >= 15 is 0 Å². The van der Waals surface area contributed by atoms with Crippen LogP contribution in [0.25, 0.3) is 11.3 Å². The quantitative estimate of drug-likeness (QED) is 0.816. The molecule has 1 saturated heterocycles. The van der Waals surface area contributed by atoms with Crippen LogP contribution in [0.3, 0.4) is 0 Å². The van der Waals surface area contributed by atoms with Gasteiger partial charge in [0.1, 0.15) is 0 Å². The SMILES string of the molecule is C[C@H](O)c1ccc(-c2cnc3c(n2)N(CCC2CCOCC2)CC(=O)N3)cn1. The molecule has 28 heavy (non-hydrogen) atoms. The van der Waals surface area contributed by atoms with E-state index in [1.54, 1.807) is 25.4 Å². The third-order valence-corrected chi connectivity index (χ3v) is 5.30. The molecule has 0 unspecified atom stereocenters. The van der Waals surface area contributed by atoms with Gasteiger partial charge in [-0.25, -0.2) is 9.97 Å². The molecule has 0 bridgehead atoms. The van der Waals surface area contributed by atoms with Gasteiger partial charge in [0.05, 0.1) is 30.2 Å². The first-order valence-electron chi connectivity index (χ1n) is 9.74. The third-order valence-electron chi connectivity index (χ3n) is 5.30. The molecule has 2 N–H and O–H groups in total. The van der Waals surface area contributed by atoms with E-state index in [9.17, 15) is 9.90 Å². The van der Waals surface area contributed by atoms with Gasteiger partial charge in [-0.3, -0.25) is 9.78 Å². The van der Waals surface area contributed by atoms with E-state index in [1.807, 2.05) is 11.0 Å². The van der Waals surface area contributed by atoms with Crippen molar-refractivity contribution in [1.82, 2.24) is 15.0 Å². The van der Waals surface area contributed by atoms with Gasteiger partial charge in [0, 0.05) is 31.5 Å². The van der Waals surface area contributed by atoms with E-state index in [0.717, 1.165) is 44.6 Å². The van der Waals surface area contributed by atoms with E-state index in [4.69, 9.17) is 9.72 Å². The first kappa shape index (κ1) is 18.8. The van der Waals surface area contributed by atoms with Crippen molar-refractivity contribution >= 4 is 17.5 Å². The second kappa shape index (κ2) is 8.20. The van der Waals surface area contributed by atoms with E-state index < -0.39 is 6.10 Å². The van der Waals surface area contributed by atoms with Crippen molar-refractivity contribution in [2.45, 2.75) is 32.3 Å². The Kier molecular flexibility index (Phi) is 5.50. The number of hydrogen-bond acceptors (Lipinski definition) is 7. The number of fused-ring (bicyclic) bond motifs is 1. The number of hydrogen-bond donors (Lipinski definition) is 2. The van der Waals surface area contributed by atoms with Crippen molar-refractivity contribution in [3.05, 3.63) is 30.2 Å². The van der Waals surface area contributed by atoms with Gasteiger partial charge in [-0.15, -0.1) is 0 Å². The molecule has 0 aliphatic carbocycles. The molecule has 0 radical (unpaired) electrons. The standard InChI is InChI=1S/C20H25N5O3/c1-13(26)16-3-2-15(10-21-16)17-11-22-19-20(23-17)25(12-18(27)24-19)7-4-14-5-8-28-9-6-14/h2-3,10-11,13-14,26H,4-9,12H2,1H3,(H,22,24,27)/t13-/m0/s1. The number of nitrogens with one attached hydrogen (secondary N) is 1. The third kappa shape index (κ3) is 4.13. The number of nitrogens with zero attached hydrogens (tertiary/aromatic N) is 4. The number of amides is 1. The van der Waals surface area contributed by atoms with Crippen LogP contribution in [0.5, 0.6) is 0 Å². The molecule has 2 aromatic heterocycles. The van der Waals surface area contributed by atoms with Crippen molar-refractivity contribution in [3.8, 4) is 11.3 Å². The molecular formula is C20H25N5O3. The summed E-state index contributed by atoms with van der Waals surface area (Å²) in [4.78, 5) is 27.5. The van der Waals surface area contributed by atoms with Crippen LogP contribution in [0.4, 0.5) is 11.6 Å². The summed E-state index contributed by atoms with van der Waals surface area (Å²) in [7, 11) is 0. The van der Waals surface area contributed by atoms with Gasteiger partial charge in [0.25, 0.3) is 0 Å². The number of rotatable bonds is 5. The molecule has 2 aliphatic rings. The number of carbonyl (C=O) groups is 1. The molecular weight excluding hydrogens is 358 g/mol. The van der Waals surface area contributed by atoms with Crippen LogP contribution in [0.2, 0.25) is 0 Å². The molecule has 0 saturated carbocycles. The van der Waals surface area contributed by atoms with Crippen molar-refractivity contribution in [3.63, 3.8) is 0 Å². The maximum Gasteiger partial charge on any atom is 0.245 e. The Bertz CT molecular complexity index is 834. The first-order valence-corrected chi connectivity index (χ1v) is 9.74. The molecule has 2 aromatic rings. The lowest BCUT2D eigenvalue weighted by atomic mass is 9.96. The highest BCUT2D eigenvalue weighted by molar-refractivity contribution is 5.99. The number of anilines is 2. The zero-order valence-corrected chi connectivity index (χ0v) is 16.0. The highest BCUT2D eigenvalue weighted by Gasteiger charge is 2.26. The zero-order chi connectivity index (χ0) is 19.5. The van der Waals surface area contributed by atoms with E-state index in [0.29, 0.717) is 28.9 Å². The predicted octanol–water partition coefficient (Wildman–Crippen LogP) is 2.17. The summed E-state index contributed by atoms with van der Waals surface area (Å²) in [5, 5.41) is 12.4. The highest BCUT2D eigenvalue weighted by atomic mass is 16.5. The minimum absolute atomic E-state index is 0.0653. The fourth-order valence-corrected chi connectivity index (χ4v) is 3.61. The summed E-state index contributed by atoms with van der Waals surface area (Å²) in [5.41, 5.74) is 2.12. The Morgan fingerprint density at radius 1 is 1.29 bits per heavy atom. The summed E-state index contributed by atoms with van der Waals surface area (Å²) in [6, 6.07) is 3.66. The maximum atomic E-state index is 12.1. The van der Waals surface area contributed by atoms with Gasteiger partial charge in [0.2, 0.25) is 5.91 Å². The lowest BCUT2D eigenvalue weighted by Crippen LogP contribution is -2.40. The Morgan fingerprint density at radius 2 is 2.11 bits per heavy atom. The monoisotopic (exact) mass is 383 g/mol. The van der Waals surface area contributed by atoms with Crippen molar-refractivity contribution < 1.29 is 14.6 Å². The average Bonchev–Trinajstić information content (AvgIpc) is 2.72. The fraction of sp³-hybridized carbons (Fsp3) is 0.500. The van der Waals surface area contributed by atoms with Gasteiger partial charge in [-0.05, 0) is 44.2 Å².